The largest absolute Gasteiger partial charge is 0.465 e. The smallest absolute Gasteiger partial charge is 0.338 e. The second kappa shape index (κ2) is 8.00. The highest BCUT2D eigenvalue weighted by Gasteiger charge is 2.25. The lowest BCUT2D eigenvalue weighted by Gasteiger charge is -2.15. The molecule has 0 aliphatic carbocycles. The van der Waals surface area contributed by atoms with Crippen LogP contribution in [0.5, 0.6) is 0 Å². The van der Waals surface area contributed by atoms with E-state index in [1.54, 1.807) is 13.3 Å². The maximum atomic E-state index is 13.6. The van der Waals surface area contributed by atoms with Crippen molar-refractivity contribution in [1.29, 1.82) is 0 Å². The SMILES string of the molecule is COC(=O)c1cc(F)cc([N+](=O)[O-])c1CN(C)/N=C/c1ccccc1. The van der Waals surface area contributed by atoms with Gasteiger partial charge >= 0.3 is 5.97 Å². The van der Waals surface area contributed by atoms with Crippen LogP contribution in [0.1, 0.15) is 21.5 Å². The van der Waals surface area contributed by atoms with Crippen LogP contribution in [-0.4, -0.2) is 36.3 Å². The molecular weight excluding hydrogens is 329 g/mol. The summed E-state index contributed by atoms with van der Waals surface area (Å²) in [7, 11) is 2.72. The van der Waals surface area contributed by atoms with Gasteiger partial charge in [0.05, 0.1) is 42.0 Å². The molecule has 130 valence electrons. The number of carbonyl (C=O) groups excluding carboxylic acids is 1. The Morgan fingerprint density at radius 3 is 2.64 bits per heavy atom. The maximum absolute atomic E-state index is 13.6. The molecule has 25 heavy (non-hydrogen) atoms. The molecule has 0 unspecified atom stereocenters. The number of nitrogens with zero attached hydrogens (tertiary/aromatic N) is 3. The first-order valence-electron chi connectivity index (χ1n) is 7.27. The molecule has 0 fully saturated rings. The number of nitro benzene ring substituents is 1. The van der Waals surface area contributed by atoms with Gasteiger partial charge in [0.25, 0.3) is 5.69 Å². The third-order valence-corrected chi connectivity index (χ3v) is 3.38. The number of hydrogen-bond acceptors (Lipinski definition) is 6. The molecule has 2 rings (SSSR count). The molecule has 0 aliphatic rings. The maximum Gasteiger partial charge on any atom is 0.338 e. The average molecular weight is 345 g/mol. The first kappa shape index (κ1) is 18.1. The van der Waals surface area contributed by atoms with Crippen LogP contribution in [0.2, 0.25) is 0 Å². The molecule has 0 amide bonds. The number of hydrogen-bond donors (Lipinski definition) is 0. The molecule has 2 aromatic rings. The molecule has 0 bridgehead atoms. The van der Waals surface area contributed by atoms with Crippen molar-refractivity contribution in [2.45, 2.75) is 6.54 Å². The standard InChI is InChI=1S/C17H16FN3O4/c1-20(19-10-12-6-4-3-5-7-12)11-15-14(17(22)25-2)8-13(18)9-16(15)21(23)24/h3-10H,11H2,1-2H3/b19-10+. The van der Waals surface area contributed by atoms with Gasteiger partial charge in [0, 0.05) is 7.05 Å². The van der Waals surface area contributed by atoms with Crippen molar-refractivity contribution in [1.82, 2.24) is 5.01 Å². The summed E-state index contributed by atoms with van der Waals surface area (Å²) in [5, 5.41) is 16.8. The van der Waals surface area contributed by atoms with Gasteiger partial charge in [0.1, 0.15) is 5.82 Å². The summed E-state index contributed by atoms with van der Waals surface area (Å²) in [6, 6.07) is 10.9. The van der Waals surface area contributed by atoms with E-state index in [0.717, 1.165) is 24.8 Å². The van der Waals surface area contributed by atoms with Gasteiger partial charge in [-0.15, -0.1) is 0 Å². The van der Waals surface area contributed by atoms with Gasteiger partial charge < -0.3 is 4.74 Å². The second-order valence-electron chi connectivity index (χ2n) is 5.17. The Morgan fingerprint density at radius 1 is 1.36 bits per heavy atom. The Bertz CT molecular complexity index is 809. The molecule has 0 N–H and O–H groups in total. The van der Waals surface area contributed by atoms with Crippen molar-refractivity contribution in [3.63, 3.8) is 0 Å². The summed E-state index contributed by atoms with van der Waals surface area (Å²) in [5.41, 5.74) is 0.181. The first-order valence-corrected chi connectivity index (χ1v) is 7.27. The van der Waals surface area contributed by atoms with Gasteiger partial charge in [-0.2, -0.15) is 5.10 Å². The summed E-state index contributed by atoms with van der Waals surface area (Å²) in [4.78, 5) is 22.3. The fourth-order valence-corrected chi connectivity index (χ4v) is 2.22. The molecule has 8 heteroatoms. The van der Waals surface area contributed by atoms with Crippen LogP contribution < -0.4 is 0 Å². The average Bonchev–Trinajstić information content (AvgIpc) is 2.61. The van der Waals surface area contributed by atoms with Crippen LogP contribution >= 0.6 is 0 Å². The Hall–Kier alpha value is -3.29. The Morgan fingerprint density at radius 2 is 2.04 bits per heavy atom. The highest BCUT2D eigenvalue weighted by atomic mass is 19.1. The minimum Gasteiger partial charge on any atom is -0.465 e. The van der Waals surface area contributed by atoms with E-state index >= 15 is 0 Å². The third kappa shape index (κ3) is 4.60. The van der Waals surface area contributed by atoms with Gasteiger partial charge in [-0.25, -0.2) is 9.18 Å². The Labute approximate surface area is 143 Å². The fourth-order valence-electron chi connectivity index (χ4n) is 2.22. The predicted molar refractivity (Wildman–Crippen MR) is 89.9 cm³/mol. The van der Waals surface area contributed by atoms with Crippen LogP contribution in [0, 0.1) is 15.9 Å². The minimum atomic E-state index is -0.883. The van der Waals surface area contributed by atoms with E-state index in [2.05, 4.69) is 9.84 Å². The lowest BCUT2D eigenvalue weighted by Crippen LogP contribution is -2.17. The fraction of sp³-hybridized carbons (Fsp3) is 0.176. The normalized spacial score (nSPS) is 10.7. The van der Waals surface area contributed by atoms with Crippen molar-refractivity contribution < 1.29 is 18.8 Å². The number of carbonyl (C=O) groups is 1. The first-order chi connectivity index (χ1) is 11.9. The number of esters is 1. The lowest BCUT2D eigenvalue weighted by atomic mass is 10.0. The van der Waals surface area contributed by atoms with E-state index < -0.39 is 22.4 Å². The summed E-state index contributed by atoms with van der Waals surface area (Å²) in [6.07, 6.45) is 1.58. The zero-order chi connectivity index (χ0) is 18.4. The van der Waals surface area contributed by atoms with Crippen LogP contribution in [0.3, 0.4) is 0 Å². The predicted octanol–water partition coefficient (Wildman–Crippen LogP) is 2.99. The highest BCUT2D eigenvalue weighted by Crippen LogP contribution is 2.26. The molecule has 7 nitrogen and oxygen atoms in total. The molecule has 0 atom stereocenters. The van der Waals surface area contributed by atoms with E-state index in [-0.39, 0.29) is 17.7 Å². The molecule has 0 radical (unpaired) electrons. The van der Waals surface area contributed by atoms with Crippen molar-refractivity contribution in [2.75, 3.05) is 14.2 Å². The summed E-state index contributed by atoms with van der Waals surface area (Å²) >= 11 is 0. The van der Waals surface area contributed by atoms with E-state index in [1.807, 2.05) is 30.3 Å². The van der Waals surface area contributed by atoms with Gasteiger partial charge in [0.2, 0.25) is 0 Å². The van der Waals surface area contributed by atoms with Crippen molar-refractivity contribution in [3.05, 3.63) is 75.1 Å². The number of ether oxygens (including phenoxy) is 1. The number of hydrazone groups is 1. The minimum absolute atomic E-state index is 0.0333. The van der Waals surface area contributed by atoms with Crippen molar-refractivity contribution in [2.24, 2.45) is 5.10 Å². The van der Waals surface area contributed by atoms with Gasteiger partial charge in [-0.1, -0.05) is 30.3 Å². The number of methoxy groups -OCH3 is 1. The topological polar surface area (TPSA) is 85.0 Å². The van der Waals surface area contributed by atoms with Crippen molar-refractivity contribution in [3.8, 4) is 0 Å². The molecule has 0 heterocycles. The summed E-state index contributed by atoms with van der Waals surface area (Å²) in [5.74, 6) is -1.73. The van der Waals surface area contributed by atoms with Gasteiger partial charge in [0.15, 0.2) is 0 Å². The van der Waals surface area contributed by atoms with Gasteiger partial charge in [-0.3, -0.25) is 15.1 Å². The van der Waals surface area contributed by atoms with Crippen LogP contribution in [-0.2, 0) is 11.3 Å². The van der Waals surface area contributed by atoms with Crippen molar-refractivity contribution >= 4 is 17.9 Å². The quantitative estimate of drug-likeness (QED) is 0.348. The third-order valence-electron chi connectivity index (χ3n) is 3.38. The molecule has 0 saturated heterocycles. The van der Waals surface area contributed by atoms with E-state index in [4.69, 9.17) is 0 Å². The molecule has 0 saturated carbocycles. The van der Waals surface area contributed by atoms with Crippen LogP contribution in [0.4, 0.5) is 10.1 Å². The summed E-state index contributed by atoms with van der Waals surface area (Å²) < 4.78 is 18.2. The number of rotatable bonds is 6. The lowest BCUT2D eigenvalue weighted by molar-refractivity contribution is -0.385. The highest BCUT2D eigenvalue weighted by molar-refractivity contribution is 5.92. The number of benzene rings is 2. The molecule has 0 spiro atoms. The summed E-state index contributed by atoms with van der Waals surface area (Å²) in [6.45, 7) is -0.0651. The zero-order valence-corrected chi connectivity index (χ0v) is 13.7. The van der Waals surface area contributed by atoms with Crippen LogP contribution in [0.25, 0.3) is 0 Å². The molecule has 2 aromatic carbocycles. The van der Waals surface area contributed by atoms with E-state index in [0.29, 0.717) is 0 Å². The second-order valence-corrected chi connectivity index (χ2v) is 5.17. The van der Waals surface area contributed by atoms with Crippen LogP contribution in [0.15, 0.2) is 47.6 Å². The molecular formula is C17H16FN3O4. The molecule has 0 aromatic heterocycles. The Kier molecular flexibility index (Phi) is 5.78. The number of nitro groups is 1. The zero-order valence-electron chi connectivity index (χ0n) is 13.7. The van der Waals surface area contributed by atoms with E-state index in [1.165, 1.54) is 5.01 Å². The monoisotopic (exact) mass is 345 g/mol. The molecule has 0 aliphatic heterocycles. The van der Waals surface area contributed by atoms with E-state index in [9.17, 15) is 19.3 Å². The van der Waals surface area contributed by atoms with Gasteiger partial charge in [-0.05, 0) is 11.6 Å². The Balaban J connectivity index is 2.35. The number of halogens is 1.